The standard InChI is InChI=1S/C11H12N4OS/c1-6-8(3)16-10(14-6)5-13-11-9(4-12)7(2)15-17-11/h13H,5H2,1-3H3. The number of hydrogen-bond acceptors (Lipinski definition) is 6. The van der Waals surface area contributed by atoms with Gasteiger partial charge in [-0.15, -0.1) is 0 Å². The van der Waals surface area contributed by atoms with Crippen LogP contribution in [0.2, 0.25) is 0 Å². The van der Waals surface area contributed by atoms with Crippen molar-refractivity contribution in [3.05, 3.63) is 28.6 Å². The van der Waals surface area contributed by atoms with E-state index in [1.807, 2.05) is 20.8 Å². The molecular weight excluding hydrogens is 236 g/mol. The molecule has 2 heterocycles. The summed E-state index contributed by atoms with van der Waals surface area (Å²) in [4.78, 5) is 4.26. The highest BCUT2D eigenvalue weighted by atomic mass is 32.1. The van der Waals surface area contributed by atoms with Gasteiger partial charge in [0.1, 0.15) is 22.4 Å². The van der Waals surface area contributed by atoms with Crippen molar-refractivity contribution in [1.29, 1.82) is 5.26 Å². The van der Waals surface area contributed by atoms with E-state index in [4.69, 9.17) is 9.68 Å². The van der Waals surface area contributed by atoms with Gasteiger partial charge in [0.2, 0.25) is 5.89 Å². The molecule has 0 saturated carbocycles. The molecule has 17 heavy (non-hydrogen) atoms. The predicted molar refractivity (Wildman–Crippen MR) is 64.9 cm³/mol. The molecule has 0 unspecified atom stereocenters. The molecule has 0 aliphatic rings. The molecule has 0 amide bonds. The number of anilines is 1. The van der Waals surface area contributed by atoms with Gasteiger partial charge in [0.15, 0.2) is 0 Å². The fraction of sp³-hybridized carbons (Fsp3) is 0.364. The number of nitrogens with zero attached hydrogens (tertiary/aromatic N) is 3. The zero-order valence-electron chi connectivity index (χ0n) is 9.87. The van der Waals surface area contributed by atoms with E-state index >= 15 is 0 Å². The van der Waals surface area contributed by atoms with E-state index in [0.29, 0.717) is 18.0 Å². The highest BCUT2D eigenvalue weighted by Crippen LogP contribution is 2.24. The molecule has 0 aliphatic heterocycles. The molecule has 2 rings (SSSR count). The fourth-order valence-electron chi connectivity index (χ4n) is 1.39. The quantitative estimate of drug-likeness (QED) is 0.903. The van der Waals surface area contributed by atoms with Crippen LogP contribution in [0.25, 0.3) is 0 Å². The molecule has 5 nitrogen and oxygen atoms in total. The second-order valence-electron chi connectivity index (χ2n) is 3.69. The first-order valence-electron chi connectivity index (χ1n) is 5.15. The van der Waals surface area contributed by atoms with Gasteiger partial charge >= 0.3 is 0 Å². The Balaban J connectivity index is 2.10. The fourth-order valence-corrected chi connectivity index (χ4v) is 2.13. The molecule has 0 spiro atoms. The number of aryl methyl sites for hydroxylation is 3. The van der Waals surface area contributed by atoms with Gasteiger partial charge in [0.25, 0.3) is 0 Å². The van der Waals surface area contributed by atoms with Crippen LogP contribution in [0.4, 0.5) is 5.00 Å². The van der Waals surface area contributed by atoms with Gasteiger partial charge in [-0.3, -0.25) is 0 Å². The van der Waals surface area contributed by atoms with E-state index < -0.39 is 0 Å². The summed E-state index contributed by atoms with van der Waals surface area (Å²) in [6.07, 6.45) is 0. The monoisotopic (exact) mass is 248 g/mol. The average molecular weight is 248 g/mol. The van der Waals surface area contributed by atoms with Crippen LogP contribution in [0.15, 0.2) is 4.42 Å². The third kappa shape index (κ3) is 2.29. The lowest BCUT2D eigenvalue weighted by molar-refractivity contribution is 0.478. The Bertz CT molecular complexity index is 559. The summed E-state index contributed by atoms with van der Waals surface area (Å²) in [5, 5.41) is 12.9. The van der Waals surface area contributed by atoms with Crippen LogP contribution in [0, 0.1) is 32.1 Å². The summed E-state index contributed by atoms with van der Waals surface area (Å²) in [7, 11) is 0. The van der Waals surface area contributed by atoms with Crippen molar-refractivity contribution in [3.8, 4) is 6.07 Å². The number of aromatic nitrogens is 2. The third-order valence-corrected chi connectivity index (χ3v) is 3.34. The van der Waals surface area contributed by atoms with Crippen molar-refractivity contribution in [1.82, 2.24) is 9.36 Å². The van der Waals surface area contributed by atoms with Crippen LogP contribution in [-0.2, 0) is 6.54 Å². The summed E-state index contributed by atoms with van der Waals surface area (Å²) >= 11 is 1.28. The Hall–Kier alpha value is -1.87. The Morgan fingerprint density at radius 1 is 1.35 bits per heavy atom. The van der Waals surface area contributed by atoms with Crippen molar-refractivity contribution in [2.75, 3.05) is 5.32 Å². The van der Waals surface area contributed by atoms with Crippen LogP contribution in [0.5, 0.6) is 0 Å². The first kappa shape index (κ1) is 11.6. The van der Waals surface area contributed by atoms with Crippen LogP contribution >= 0.6 is 11.5 Å². The molecule has 1 N–H and O–H groups in total. The van der Waals surface area contributed by atoms with Crippen LogP contribution in [0.1, 0.15) is 28.6 Å². The minimum atomic E-state index is 0.463. The van der Waals surface area contributed by atoms with Gasteiger partial charge in [0, 0.05) is 0 Å². The van der Waals surface area contributed by atoms with Gasteiger partial charge in [-0.1, -0.05) is 0 Å². The largest absolute Gasteiger partial charge is 0.444 e. The maximum Gasteiger partial charge on any atom is 0.213 e. The van der Waals surface area contributed by atoms with E-state index in [1.54, 1.807) is 0 Å². The average Bonchev–Trinajstić information content (AvgIpc) is 2.80. The van der Waals surface area contributed by atoms with Crippen molar-refractivity contribution in [2.45, 2.75) is 27.3 Å². The highest BCUT2D eigenvalue weighted by molar-refractivity contribution is 7.10. The second kappa shape index (κ2) is 4.55. The van der Waals surface area contributed by atoms with Crippen LogP contribution in [0.3, 0.4) is 0 Å². The van der Waals surface area contributed by atoms with Crippen LogP contribution in [-0.4, -0.2) is 9.36 Å². The van der Waals surface area contributed by atoms with Crippen molar-refractivity contribution < 1.29 is 4.42 Å². The molecular formula is C11H12N4OS. The van der Waals surface area contributed by atoms with Gasteiger partial charge < -0.3 is 9.73 Å². The van der Waals surface area contributed by atoms with E-state index in [0.717, 1.165) is 22.1 Å². The third-order valence-electron chi connectivity index (χ3n) is 2.45. The molecule has 0 atom stereocenters. The molecule has 0 aromatic carbocycles. The smallest absolute Gasteiger partial charge is 0.213 e. The first-order valence-corrected chi connectivity index (χ1v) is 5.92. The van der Waals surface area contributed by atoms with Crippen molar-refractivity contribution >= 4 is 16.5 Å². The molecule has 0 aliphatic carbocycles. The molecule has 2 aromatic heterocycles. The molecule has 2 aromatic rings. The molecule has 6 heteroatoms. The number of rotatable bonds is 3. The lowest BCUT2D eigenvalue weighted by atomic mass is 10.3. The molecule has 0 radical (unpaired) electrons. The van der Waals surface area contributed by atoms with E-state index in [-0.39, 0.29) is 0 Å². The lowest BCUT2D eigenvalue weighted by Gasteiger charge is -1.99. The zero-order valence-corrected chi connectivity index (χ0v) is 10.7. The van der Waals surface area contributed by atoms with Gasteiger partial charge in [-0.25, -0.2) is 4.98 Å². The molecule has 0 saturated heterocycles. The normalized spacial score (nSPS) is 10.2. The predicted octanol–water partition coefficient (Wildman–Crippen LogP) is 2.54. The van der Waals surface area contributed by atoms with E-state index in [2.05, 4.69) is 20.7 Å². The minimum absolute atomic E-state index is 0.463. The lowest BCUT2D eigenvalue weighted by Crippen LogP contribution is -1.99. The minimum Gasteiger partial charge on any atom is -0.444 e. The zero-order chi connectivity index (χ0) is 12.4. The number of nitriles is 1. The SMILES string of the molecule is Cc1nc(CNc2snc(C)c2C#N)oc1C. The summed E-state index contributed by atoms with van der Waals surface area (Å²) in [5.74, 6) is 1.44. The van der Waals surface area contributed by atoms with Crippen molar-refractivity contribution in [3.63, 3.8) is 0 Å². The number of nitrogens with one attached hydrogen (secondary N) is 1. The molecule has 0 bridgehead atoms. The number of hydrogen-bond donors (Lipinski definition) is 1. The summed E-state index contributed by atoms with van der Waals surface area (Å²) in [6, 6.07) is 2.13. The Kier molecular flexibility index (Phi) is 3.11. The Morgan fingerprint density at radius 3 is 2.71 bits per heavy atom. The Labute approximate surface area is 103 Å². The second-order valence-corrected chi connectivity index (χ2v) is 4.46. The van der Waals surface area contributed by atoms with Crippen LogP contribution < -0.4 is 5.32 Å². The van der Waals surface area contributed by atoms with Gasteiger partial charge in [-0.2, -0.15) is 9.64 Å². The summed E-state index contributed by atoms with van der Waals surface area (Å²) in [6.45, 7) is 6.06. The maximum absolute atomic E-state index is 8.97. The topological polar surface area (TPSA) is 74.7 Å². The maximum atomic E-state index is 8.97. The molecule has 0 fully saturated rings. The summed E-state index contributed by atoms with van der Waals surface area (Å²) in [5.41, 5.74) is 2.23. The van der Waals surface area contributed by atoms with E-state index in [1.165, 1.54) is 11.5 Å². The summed E-state index contributed by atoms with van der Waals surface area (Å²) < 4.78 is 9.57. The van der Waals surface area contributed by atoms with Gasteiger partial charge in [0.05, 0.1) is 17.9 Å². The van der Waals surface area contributed by atoms with Gasteiger partial charge in [-0.05, 0) is 32.3 Å². The van der Waals surface area contributed by atoms with E-state index in [9.17, 15) is 0 Å². The highest BCUT2D eigenvalue weighted by Gasteiger charge is 2.11. The molecule has 88 valence electrons. The number of oxazole rings is 1. The Morgan fingerprint density at radius 2 is 2.12 bits per heavy atom. The first-order chi connectivity index (χ1) is 8.11. The van der Waals surface area contributed by atoms with Crippen molar-refractivity contribution in [2.24, 2.45) is 0 Å².